The summed E-state index contributed by atoms with van der Waals surface area (Å²) in [6, 6.07) is 9.48. The van der Waals surface area contributed by atoms with Gasteiger partial charge >= 0.3 is 0 Å². The van der Waals surface area contributed by atoms with Crippen LogP contribution < -0.4 is 0 Å². The second kappa shape index (κ2) is 4.83. The van der Waals surface area contributed by atoms with Gasteiger partial charge in [-0.1, -0.05) is 18.2 Å². The van der Waals surface area contributed by atoms with Crippen LogP contribution in [0.25, 0.3) is 10.9 Å². The van der Waals surface area contributed by atoms with Gasteiger partial charge in [0.2, 0.25) is 5.78 Å². The maximum absolute atomic E-state index is 12.8. The molecule has 0 aliphatic heterocycles. The van der Waals surface area contributed by atoms with Crippen molar-refractivity contribution in [2.24, 2.45) is 7.05 Å². The van der Waals surface area contributed by atoms with E-state index in [2.05, 4.69) is 26.0 Å². The van der Waals surface area contributed by atoms with Crippen LogP contribution in [-0.2, 0) is 7.05 Å². The average Bonchev–Trinajstić information content (AvgIpc) is 2.76. The molecule has 5 heteroatoms. The Hall–Kier alpha value is -2.01. The minimum Gasteiger partial charge on any atom is -0.287 e. The first-order chi connectivity index (χ1) is 9.58. The van der Waals surface area contributed by atoms with Crippen LogP contribution >= 0.6 is 15.9 Å². The molecule has 20 heavy (non-hydrogen) atoms. The highest BCUT2D eigenvalue weighted by Gasteiger charge is 2.20. The number of para-hydroxylation sites is 1. The Bertz CT molecular complexity index is 804. The van der Waals surface area contributed by atoms with Gasteiger partial charge in [0.25, 0.3) is 0 Å². The van der Waals surface area contributed by atoms with Gasteiger partial charge in [-0.05, 0) is 35.0 Å². The van der Waals surface area contributed by atoms with Gasteiger partial charge in [0, 0.05) is 23.7 Å². The summed E-state index contributed by atoms with van der Waals surface area (Å²) in [6.45, 7) is 1.89. The highest BCUT2D eigenvalue weighted by Crippen LogP contribution is 2.24. The number of rotatable bonds is 2. The highest BCUT2D eigenvalue weighted by molar-refractivity contribution is 9.10. The van der Waals surface area contributed by atoms with Crippen molar-refractivity contribution in [3.63, 3.8) is 0 Å². The lowest BCUT2D eigenvalue weighted by Crippen LogP contribution is -2.10. The fourth-order valence-corrected chi connectivity index (χ4v) is 2.82. The quantitative estimate of drug-likeness (QED) is 0.678. The van der Waals surface area contributed by atoms with Crippen LogP contribution in [0, 0.1) is 6.92 Å². The number of aromatic nitrogens is 3. The molecule has 0 spiro atoms. The van der Waals surface area contributed by atoms with E-state index in [1.165, 1.54) is 0 Å². The van der Waals surface area contributed by atoms with Gasteiger partial charge in [0.15, 0.2) is 0 Å². The minimum atomic E-state index is -0.0569. The van der Waals surface area contributed by atoms with Crippen molar-refractivity contribution >= 4 is 32.6 Å². The van der Waals surface area contributed by atoms with Gasteiger partial charge in [-0.2, -0.15) is 5.10 Å². The summed E-state index contributed by atoms with van der Waals surface area (Å²) in [5, 5.41) is 4.96. The van der Waals surface area contributed by atoms with E-state index in [1.54, 1.807) is 17.9 Å². The first-order valence-electron chi connectivity index (χ1n) is 6.16. The molecule has 0 saturated carbocycles. The summed E-state index contributed by atoms with van der Waals surface area (Å²) in [4.78, 5) is 17.3. The molecule has 2 heterocycles. The Balaban J connectivity index is 2.27. The summed E-state index contributed by atoms with van der Waals surface area (Å²) in [6.07, 6.45) is 1.63. The van der Waals surface area contributed by atoms with Crippen molar-refractivity contribution in [2.45, 2.75) is 6.92 Å². The van der Waals surface area contributed by atoms with E-state index in [9.17, 15) is 4.79 Å². The zero-order chi connectivity index (χ0) is 14.3. The number of nitrogens with zero attached hydrogens (tertiary/aromatic N) is 3. The molecule has 3 rings (SSSR count). The number of benzene rings is 1. The molecule has 4 nitrogen and oxygen atoms in total. The maximum atomic E-state index is 12.8. The van der Waals surface area contributed by atoms with Crippen LogP contribution in [-0.4, -0.2) is 20.5 Å². The Morgan fingerprint density at radius 1 is 1.30 bits per heavy atom. The molecular weight excluding hydrogens is 318 g/mol. The Morgan fingerprint density at radius 3 is 2.75 bits per heavy atom. The molecule has 0 unspecified atom stereocenters. The average molecular weight is 330 g/mol. The SMILES string of the molecule is Cc1cc(C(=O)c2c(Br)cnn2C)c2ccccc2n1. The number of fused-ring (bicyclic) bond motifs is 1. The van der Waals surface area contributed by atoms with E-state index in [4.69, 9.17) is 0 Å². The van der Waals surface area contributed by atoms with E-state index in [1.807, 2.05) is 37.3 Å². The van der Waals surface area contributed by atoms with Gasteiger partial charge < -0.3 is 0 Å². The van der Waals surface area contributed by atoms with Gasteiger partial charge in [0.1, 0.15) is 5.69 Å². The zero-order valence-electron chi connectivity index (χ0n) is 11.1. The number of pyridine rings is 1. The van der Waals surface area contributed by atoms with Crippen LogP contribution in [0.1, 0.15) is 21.7 Å². The number of carbonyl (C=O) groups is 1. The minimum absolute atomic E-state index is 0.0569. The van der Waals surface area contributed by atoms with Crippen molar-refractivity contribution in [1.29, 1.82) is 0 Å². The van der Waals surface area contributed by atoms with Crippen LogP contribution in [0.15, 0.2) is 41.0 Å². The first kappa shape index (κ1) is 13.0. The monoisotopic (exact) mass is 329 g/mol. The summed E-state index contributed by atoms with van der Waals surface area (Å²) < 4.78 is 2.28. The summed E-state index contributed by atoms with van der Waals surface area (Å²) >= 11 is 3.38. The van der Waals surface area contributed by atoms with E-state index < -0.39 is 0 Å². The molecule has 0 aliphatic carbocycles. The molecule has 0 saturated heterocycles. The van der Waals surface area contributed by atoms with E-state index >= 15 is 0 Å². The molecule has 0 fully saturated rings. The molecule has 0 bridgehead atoms. The lowest BCUT2D eigenvalue weighted by molar-refractivity contribution is 0.103. The summed E-state index contributed by atoms with van der Waals surface area (Å²) in [5.41, 5.74) is 2.85. The fraction of sp³-hybridized carbons (Fsp3) is 0.133. The number of halogens is 1. The Kier molecular flexibility index (Phi) is 3.14. The predicted molar refractivity (Wildman–Crippen MR) is 80.8 cm³/mol. The normalized spacial score (nSPS) is 10.9. The van der Waals surface area contributed by atoms with Crippen molar-refractivity contribution in [2.75, 3.05) is 0 Å². The van der Waals surface area contributed by atoms with Crippen molar-refractivity contribution in [1.82, 2.24) is 14.8 Å². The molecule has 100 valence electrons. The molecule has 3 aromatic rings. The number of carbonyl (C=O) groups excluding carboxylic acids is 1. The third kappa shape index (κ3) is 2.04. The molecule has 0 N–H and O–H groups in total. The second-order valence-corrected chi connectivity index (χ2v) is 5.48. The molecule has 0 aliphatic rings. The maximum Gasteiger partial charge on any atom is 0.212 e. The highest BCUT2D eigenvalue weighted by atomic mass is 79.9. The van der Waals surface area contributed by atoms with E-state index in [-0.39, 0.29) is 5.78 Å². The largest absolute Gasteiger partial charge is 0.287 e. The van der Waals surface area contributed by atoms with Crippen molar-refractivity contribution < 1.29 is 4.79 Å². The van der Waals surface area contributed by atoms with E-state index in [0.29, 0.717) is 15.7 Å². The molecule has 1 aromatic carbocycles. The lowest BCUT2D eigenvalue weighted by atomic mass is 10.0. The summed E-state index contributed by atoms with van der Waals surface area (Å²) in [5.74, 6) is -0.0569. The molecule has 2 aromatic heterocycles. The zero-order valence-corrected chi connectivity index (χ0v) is 12.7. The van der Waals surface area contributed by atoms with Crippen molar-refractivity contribution in [3.05, 3.63) is 58.0 Å². The first-order valence-corrected chi connectivity index (χ1v) is 6.96. The standard InChI is InChI=1S/C15H12BrN3O/c1-9-7-11(10-5-3-4-6-13(10)18-9)15(20)14-12(16)8-17-19(14)2/h3-8H,1-2H3. The smallest absolute Gasteiger partial charge is 0.212 e. The Morgan fingerprint density at radius 2 is 2.05 bits per heavy atom. The second-order valence-electron chi connectivity index (χ2n) is 4.62. The van der Waals surface area contributed by atoms with Crippen LogP contribution in [0.2, 0.25) is 0 Å². The molecule has 0 radical (unpaired) electrons. The number of aryl methyl sites for hydroxylation is 2. The lowest BCUT2D eigenvalue weighted by Gasteiger charge is -2.08. The third-order valence-electron chi connectivity index (χ3n) is 3.20. The van der Waals surface area contributed by atoms with Gasteiger partial charge in [-0.15, -0.1) is 0 Å². The van der Waals surface area contributed by atoms with E-state index in [0.717, 1.165) is 16.6 Å². The van der Waals surface area contributed by atoms with Crippen LogP contribution in [0.3, 0.4) is 0 Å². The third-order valence-corrected chi connectivity index (χ3v) is 3.78. The molecular formula is C15H12BrN3O. The van der Waals surface area contributed by atoms with Gasteiger partial charge in [-0.25, -0.2) is 0 Å². The van der Waals surface area contributed by atoms with Gasteiger partial charge in [0.05, 0.1) is 16.2 Å². The topological polar surface area (TPSA) is 47.8 Å². The number of hydrogen-bond donors (Lipinski definition) is 0. The van der Waals surface area contributed by atoms with Crippen molar-refractivity contribution in [3.8, 4) is 0 Å². The molecule has 0 amide bonds. The summed E-state index contributed by atoms with van der Waals surface area (Å²) in [7, 11) is 1.76. The van der Waals surface area contributed by atoms with Crippen LogP contribution in [0.4, 0.5) is 0 Å². The Labute approximate surface area is 124 Å². The number of hydrogen-bond acceptors (Lipinski definition) is 3. The number of ketones is 1. The van der Waals surface area contributed by atoms with Crippen LogP contribution in [0.5, 0.6) is 0 Å². The molecule has 0 atom stereocenters. The fourth-order valence-electron chi connectivity index (χ4n) is 2.29. The predicted octanol–water partition coefficient (Wildman–Crippen LogP) is 3.27. The van der Waals surface area contributed by atoms with Gasteiger partial charge in [-0.3, -0.25) is 14.5 Å².